The zero-order chi connectivity index (χ0) is 18.0. The molecule has 0 aliphatic rings. The molecule has 128 valence electrons. The summed E-state index contributed by atoms with van der Waals surface area (Å²) in [6.45, 7) is 0. The summed E-state index contributed by atoms with van der Waals surface area (Å²) in [6.07, 6.45) is 1.87. The van der Waals surface area contributed by atoms with Gasteiger partial charge in [0, 0.05) is 40.8 Å². The van der Waals surface area contributed by atoms with Crippen LogP contribution in [0.3, 0.4) is 0 Å². The van der Waals surface area contributed by atoms with Crippen molar-refractivity contribution in [2.24, 2.45) is 7.05 Å². The first-order valence-corrected chi connectivity index (χ1v) is 8.71. The van der Waals surface area contributed by atoms with Crippen LogP contribution in [0.15, 0.2) is 56.3 Å². The van der Waals surface area contributed by atoms with Crippen molar-refractivity contribution in [3.05, 3.63) is 57.3 Å². The number of aromatic amines is 1. The van der Waals surface area contributed by atoms with E-state index >= 15 is 0 Å². The maximum Gasteiger partial charge on any atom is 0.186 e. The molecule has 7 heteroatoms. The van der Waals surface area contributed by atoms with E-state index in [1.807, 2.05) is 37.5 Å². The van der Waals surface area contributed by atoms with Crippen molar-refractivity contribution in [1.82, 2.24) is 14.8 Å². The summed E-state index contributed by atoms with van der Waals surface area (Å²) in [5.74, 6) is -0.127. The molecular weight excluding hydrogens is 398 g/mol. The number of phenolic OH excluding ortho intramolecular Hbond substituents is 1. The first-order chi connectivity index (χ1) is 12.5. The summed E-state index contributed by atoms with van der Waals surface area (Å²) in [6, 6.07) is 10.4. The molecule has 0 amide bonds. The Balaban J connectivity index is 2.04. The van der Waals surface area contributed by atoms with Gasteiger partial charge in [-0.2, -0.15) is 0 Å². The van der Waals surface area contributed by atoms with Crippen molar-refractivity contribution in [2.75, 3.05) is 0 Å². The summed E-state index contributed by atoms with van der Waals surface area (Å²) in [5.41, 5.74) is 3.62. The average Bonchev–Trinajstić information content (AvgIpc) is 3.14. The van der Waals surface area contributed by atoms with E-state index in [0.29, 0.717) is 22.1 Å². The highest BCUT2D eigenvalue weighted by molar-refractivity contribution is 9.10. The molecule has 0 unspecified atom stereocenters. The standard InChI is InChI=1S/C19H12BrN3O3/c1-23-19-12(8-21-23)15(9-2-4-10(20)5-3-9)18-17(22-19)16-13(25)6-11(24)7-14(16)26-18/h2-8,21,25H,1H3. The van der Waals surface area contributed by atoms with Gasteiger partial charge in [0.25, 0.3) is 0 Å². The summed E-state index contributed by atoms with van der Waals surface area (Å²) in [5, 5.41) is 14.8. The van der Waals surface area contributed by atoms with Crippen LogP contribution in [0.2, 0.25) is 0 Å². The Morgan fingerprint density at radius 1 is 1.23 bits per heavy atom. The lowest BCUT2D eigenvalue weighted by molar-refractivity contribution is 0.481. The Labute approximate surface area is 154 Å². The van der Waals surface area contributed by atoms with E-state index in [-0.39, 0.29) is 11.2 Å². The lowest BCUT2D eigenvalue weighted by atomic mass is 10.0. The number of benzene rings is 2. The Morgan fingerprint density at radius 2 is 2.00 bits per heavy atom. The first-order valence-electron chi connectivity index (χ1n) is 7.92. The molecule has 0 saturated heterocycles. The van der Waals surface area contributed by atoms with Crippen molar-refractivity contribution in [3.8, 4) is 16.9 Å². The lowest BCUT2D eigenvalue weighted by Gasteiger charge is -2.05. The number of H-pyrrole nitrogens is 1. The predicted molar refractivity (Wildman–Crippen MR) is 103 cm³/mol. The average molecular weight is 410 g/mol. The van der Waals surface area contributed by atoms with Crippen molar-refractivity contribution in [2.45, 2.75) is 0 Å². The van der Waals surface area contributed by atoms with Gasteiger partial charge < -0.3 is 14.6 Å². The van der Waals surface area contributed by atoms with Gasteiger partial charge in [0.2, 0.25) is 0 Å². The minimum absolute atomic E-state index is 0.127. The number of nitrogens with zero attached hydrogens (tertiary/aromatic N) is 2. The molecule has 0 aliphatic carbocycles. The first kappa shape index (κ1) is 15.2. The second kappa shape index (κ2) is 5.22. The third kappa shape index (κ3) is 2.04. The Bertz CT molecular complexity index is 1380. The third-order valence-corrected chi connectivity index (χ3v) is 5.06. The quantitative estimate of drug-likeness (QED) is 0.432. The van der Waals surface area contributed by atoms with Crippen LogP contribution in [0, 0.1) is 0 Å². The van der Waals surface area contributed by atoms with Crippen LogP contribution >= 0.6 is 15.9 Å². The molecule has 0 radical (unpaired) electrons. The molecule has 0 bridgehead atoms. The van der Waals surface area contributed by atoms with Gasteiger partial charge in [-0.15, -0.1) is 0 Å². The third-order valence-electron chi connectivity index (χ3n) is 4.53. The molecule has 0 aliphatic heterocycles. The Morgan fingerprint density at radius 3 is 2.77 bits per heavy atom. The van der Waals surface area contributed by atoms with Gasteiger partial charge in [-0.25, -0.2) is 4.98 Å². The maximum atomic E-state index is 11.8. The number of furan rings is 1. The number of hydrogen-bond donors (Lipinski definition) is 2. The molecule has 2 aromatic carbocycles. The fourth-order valence-electron chi connectivity index (χ4n) is 3.36. The number of fused-ring (bicyclic) bond motifs is 4. The number of halogens is 1. The van der Waals surface area contributed by atoms with Crippen LogP contribution in [-0.4, -0.2) is 19.9 Å². The molecule has 3 aromatic heterocycles. The lowest BCUT2D eigenvalue weighted by Crippen LogP contribution is -1.94. The molecule has 2 N–H and O–H groups in total. The number of nitrogens with one attached hydrogen (secondary N) is 1. The number of aromatic nitrogens is 3. The monoisotopic (exact) mass is 409 g/mol. The number of hydrogen-bond acceptors (Lipinski definition) is 4. The van der Waals surface area contributed by atoms with Crippen LogP contribution in [0.5, 0.6) is 5.75 Å². The molecule has 0 fully saturated rings. The molecule has 3 heterocycles. The summed E-state index contributed by atoms with van der Waals surface area (Å²) in [4.78, 5) is 16.4. The number of pyridine rings is 1. The minimum atomic E-state index is -0.308. The van der Waals surface area contributed by atoms with E-state index in [9.17, 15) is 9.90 Å². The molecule has 0 spiro atoms. The van der Waals surface area contributed by atoms with Crippen LogP contribution in [0.4, 0.5) is 0 Å². The highest BCUT2D eigenvalue weighted by atomic mass is 79.9. The molecule has 0 saturated carbocycles. The molecule has 5 aromatic rings. The highest BCUT2D eigenvalue weighted by Crippen LogP contribution is 2.41. The van der Waals surface area contributed by atoms with E-state index in [4.69, 9.17) is 4.42 Å². The Kier molecular flexibility index (Phi) is 3.05. The van der Waals surface area contributed by atoms with Crippen molar-refractivity contribution in [1.29, 1.82) is 0 Å². The van der Waals surface area contributed by atoms with E-state index < -0.39 is 0 Å². The SMILES string of the molecule is Cn1[nH]cc2c(-c3ccc(Br)cc3)c3oc4cc(=O)cc(O)c4c3nc21. The van der Waals surface area contributed by atoms with E-state index in [1.54, 1.807) is 4.68 Å². The van der Waals surface area contributed by atoms with Crippen molar-refractivity contribution >= 4 is 49.0 Å². The second-order valence-electron chi connectivity index (χ2n) is 6.16. The normalized spacial score (nSPS) is 11.8. The zero-order valence-electron chi connectivity index (χ0n) is 13.6. The molecule has 6 nitrogen and oxygen atoms in total. The van der Waals surface area contributed by atoms with Gasteiger partial charge in [-0.3, -0.25) is 9.48 Å². The fraction of sp³-hybridized carbons (Fsp3) is 0.0526. The number of aryl methyl sites for hydroxylation is 1. The predicted octanol–water partition coefficient (Wildman–Crippen LogP) is 4.30. The topological polar surface area (TPSA) is 84.0 Å². The summed E-state index contributed by atoms with van der Waals surface area (Å²) in [7, 11) is 1.87. The van der Waals surface area contributed by atoms with Crippen LogP contribution < -0.4 is 5.43 Å². The van der Waals surface area contributed by atoms with Crippen LogP contribution in [0.1, 0.15) is 0 Å². The van der Waals surface area contributed by atoms with Gasteiger partial charge in [0.1, 0.15) is 16.8 Å². The zero-order valence-corrected chi connectivity index (χ0v) is 15.2. The second-order valence-corrected chi connectivity index (χ2v) is 7.07. The fourth-order valence-corrected chi connectivity index (χ4v) is 3.63. The summed E-state index contributed by atoms with van der Waals surface area (Å²) >= 11 is 3.45. The highest BCUT2D eigenvalue weighted by Gasteiger charge is 2.21. The maximum absolute atomic E-state index is 11.8. The van der Waals surface area contributed by atoms with Crippen LogP contribution in [-0.2, 0) is 7.05 Å². The van der Waals surface area contributed by atoms with Gasteiger partial charge in [-0.1, -0.05) is 28.1 Å². The van der Waals surface area contributed by atoms with Gasteiger partial charge in [0.15, 0.2) is 16.7 Å². The molecule has 5 rings (SSSR count). The molecule has 26 heavy (non-hydrogen) atoms. The number of rotatable bonds is 1. The Hall–Kier alpha value is -3.06. The van der Waals surface area contributed by atoms with Crippen LogP contribution in [0.25, 0.3) is 44.2 Å². The van der Waals surface area contributed by atoms with Crippen molar-refractivity contribution in [3.63, 3.8) is 0 Å². The van der Waals surface area contributed by atoms with Gasteiger partial charge in [-0.05, 0) is 17.7 Å². The van der Waals surface area contributed by atoms with Gasteiger partial charge >= 0.3 is 0 Å². The minimum Gasteiger partial charge on any atom is -0.507 e. The largest absolute Gasteiger partial charge is 0.507 e. The molecular formula is C19H12BrN3O3. The van der Waals surface area contributed by atoms with Crippen molar-refractivity contribution < 1.29 is 9.52 Å². The van der Waals surface area contributed by atoms with E-state index in [2.05, 4.69) is 26.0 Å². The number of phenols is 1. The number of aromatic hydroxyl groups is 1. The van der Waals surface area contributed by atoms with E-state index in [1.165, 1.54) is 12.1 Å². The smallest absolute Gasteiger partial charge is 0.186 e. The molecule has 0 atom stereocenters. The summed E-state index contributed by atoms with van der Waals surface area (Å²) < 4.78 is 8.76. The van der Waals surface area contributed by atoms with Gasteiger partial charge in [0.05, 0.1) is 5.39 Å². The van der Waals surface area contributed by atoms with E-state index in [0.717, 1.165) is 26.6 Å².